The maximum Gasteiger partial charge on any atom is 0.213 e. The molecule has 0 saturated carbocycles. The average Bonchev–Trinajstić information content (AvgIpc) is 2.73. The van der Waals surface area contributed by atoms with Gasteiger partial charge in [0.05, 0.1) is 7.11 Å². The first-order valence-electron chi connectivity index (χ1n) is 4.69. The fourth-order valence-corrected chi connectivity index (χ4v) is 1.42. The first-order chi connectivity index (χ1) is 7.79. The summed E-state index contributed by atoms with van der Waals surface area (Å²) < 4.78 is 11.1. The van der Waals surface area contributed by atoms with E-state index >= 15 is 0 Å². The lowest BCUT2D eigenvalue weighted by atomic mass is 10.3. The van der Waals surface area contributed by atoms with Crippen molar-refractivity contribution < 1.29 is 9.47 Å². The van der Waals surface area contributed by atoms with E-state index < -0.39 is 0 Å². The third-order valence-corrected chi connectivity index (χ3v) is 2.18. The topological polar surface area (TPSA) is 62.9 Å². The number of methoxy groups -OCH3 is 1. The van der Waals surface area contributed by atoms with Gasteiger partial charge in [-0.3, -0.25) is 10.2 Å². The summed E-state index contributed by atoms with van der Waals surface area (Å²) in [4.78, 5) is 4.02. The van der Waals surface area contributed by atoms with Crippen LogP contribution in [-0.2, 0) is 6.61 Å². The van der Waals surface area contributed by atoms with Gasteiger partial charge >= 0.3 is 0 Å². The minimum atomic E-state index is 0.313. The smallest absolute Gasteiger partial charge is 0.213 e. The largest absolute Gasteiger partial charge is 0.493 e. The lowest BCUT2D eigenvalue weighted by molar-refractivity contribution is 0.277. The quantitative estimate of drug-likeness (QED) is 0.799. The van der Waals surface area contributed by atoms with Gasteiger partial charge < -0.3 is 9.47 Å². The van der Waals surface area contributed by atoms with Gasteiger partial charge in [0.25, 0.3) is 0 Å². The van der Waals surface area contributed by atoms with Crippen LogP contribution in [0.3, 0.4) is 0 Å². The number of aromatic nitrogens is 3. The van der Waals surface area contributed by atoms with E-state index in [9.17, 15) is 0 Å². The van der Waals surface area contributed by atoms with Gasteiger partial charge in [-0.2, -0.15) is 0 Å². The third kappa shape index (κ3) is 2.40. The Kier molecular flexibility index (Phi) is 3.21. The van der Waals surface area contributed by atoms with E-state index in [1.807, 2.05) is 24.3 Å². The third-order valence-electron chi connectivity index (χ3n) is 1.98. The molecule has 0 spiro atoms. The fraction of sp³-hybridized carbons (Fsp3) is 0.200. The Morgan fingerprint density at radius 2 is 2.00 bits per heavy atom. The van der Waals surface area contributed by atoms with Crippen LogP contribution >= 0.6 is 12.2 Å². The molecule has 0 fully saturated rings. The normalized spacial score (nSPS) is 10.1. The molecule has 1 heterocycles. The lowest BCUT2D eigenvalue weighted by Gasteiger charge is -2.08. The number of ether oxygens (including phenoxy) is 2. The zero-order valence-electron chi connectivity index (χ0n) is 8.69. The predicted octanol–water partition coefficient (Wildman–Crippen LogP) is 2.05. The molecule has 0 unspecified atom stereocenters. The lowest BCUT2D eigenvalue weighted by Crippen LogP contribution is -1.99. The van der Waals surface area contributed by atoms with Gasteiger partial charge in [-0.1, -0.05) is 12.1 Å². The highest BCUT2D eigenvalue weighted by molar-refractivity contribution is 7.71. The highest BCUT2D eigenvalue weighted by Crippen LogP contribution is 2.26. The van der Waals surface area contributed by atoms with E-state index in [4.69, 9.17) is 21.7 Å². The second kappa shape index (κ2) is 4.80. The highest BCUT2D eigenvalue weighted by Gasteiger charge is 2.03. The molecule has 0 atom stereocenters. The summed E-state index contributed by atoms with van der Waals surface area (Å²) in [6, 6.07) is 7.43. The molecule has 1 aromatic carbocycles. The molecule has 2 aromatic rings. The minimum absolute atomic E-state index is 0.313. The Bertz CT molecular complexity index is 521. The second-order valence-corrected chi connectivity index (χ2v) is 3.44. The molecule has 0 aliphatic rings. The van der Waals surface area contributed by atoms with E-state index in [1.165, 1.54) is 0 Å². The van der Waals surface area contributed by atoms with E-state index in [0.717, 1.165) is 0 Å². The Hall–Kier alpha value is -1.82. The van der Waals surface area contributed by atoms with E-state index in [-0.39, 0.29) is 0 Å². The first kappa shape index (κ1) is 10.7. The Morgan fingerprint density at radius 1 is 1.25 bits per heavy atom. The summed E-state index contributed by atoms with van der Waals surface area (Å²) in [6.45, 7) is 0.313. The van der Waals surface area contributed by atoms with E-state index in [1.54, 1.807) is 7.11 Å². The molecular weight excluding hydrogens is 226 g/mol. The summed E-state index contributed by atoms with van der Waals surface area (Å²) in [5.41, 5.74) is 0. The number of rotatable bonds is 4. The maximum absolute atomic E-state index is 5.54. The number of para-hydroxylation sites is 2. The van der Waals surface area contributed by atoms with Crippen LogP contribution in [0.1, 0.15) is 5.82 Å². The van der Waals surface area contributed by atoms with Crippen molar-refractivity contribution in [3.63, 3.8) is 0 Å². The molecule has 84 valence electrons. The Balaban J connectivity index is 2.07. The zero-order chi connectivity index (χ0) is 11.4. The zero-order valence-corrected chi connectivity index (χ0v) is 9.50. The van der Waals surface area contributed by atoms with Crippen molar-refractivity contribution in [2.45, 2.75) is 6.61 Å². The molecule has 1 aromatic heterocycles. The number of aromatic amines is 2. The number of hydrogen-bond acceptors (Lipinski definition) is 4. The van der Waals surface area contributed by atoms with Crippen LogP contribution in [0.2, 0.25) is 0 Å². The van der Waals surface area contributed by atoms with Gasteiger partial charge in [-0.15, -0.1) is 0 Å². The van der Waals surface area contributed by atoms with Crippen molar-refractivity contribution >= 4 is 12.2 Å². The van der Waals surface area contributed by atoms with Crippen molar-refractivity contribution in [3.8, 4) is 11.5 Å². The number of hydrogen-bond donors (Lipinski definition) is 2. The molecule has 6 heteroatoms. The molecule has 0 aliphatic carbocycles. The molecule has 16 heavy (non-hydrogen) atoms. The van der Waals surface area contributed by atoms with Gasteiger partial charge in [0, 0.05) is 0 Å². The van der Waals surface area contributed by atoms with Crippen molar-refractivity contribution in [1.29, 1.82) is 0 Å². The van der Waals surface area contributed by atoms with E-state index in [2.05, 4.69) is 15.2 Å². The van der Waals surface area contributed by atoms with Crippen LogP contribution in [0.4, 0.5) is 0 Å². The second-order valence-electron chi connectivity index (χ2n) is 3.05. The molecule has 5 nitrogen and oxygen atoms in total. The maximum atomic E-state index is 5.54. The van der Waals surface area contributed by atoms with Crippen molar-refractivity contribution in [2.75, 3.05) is 7.11 Å². The van der Waals surface area contributed by atoms with Crippen LogP contribution in [0.5, 0.6) is 11.5 Å². The summed E-state index contributed by atoms with van der Waals surface area (Å²) >= 11 is 4.83. The van der Waals surface area contributed by atoms with Crippen LogP contribution in [0.15, 0.2) is 24.3 Å². The molecule has 0 aliphatic heterocycles. The van der Waals surface area contributed by atoms with E-state index in [0.29, 0.717) is 28.7 Å². The summed E-state index contributed by atoms with van der Waals surface area (Å²) in [7, 11) is 1.60. The van der Waals surface area contributed by atoms with Gasteiger partial charge in [0.2, 0.25) is 4.77 Å². The Labute approximate surface area is 97.4 Å². The SMILES string of the molecule is COc1ccccc1OCc1nc(=S)[nH][nH]1. The number of benzene rings is 1. The molecule has 0 bridgehead atoms. The molecule has 0 amide bonds. The molecule has 0 radical (unpaired) electrons. The van der Waals surface area contributed by atoms with Crippen molar-refractivity contribution in [2.24, 2.45) is 0 Å². The fourth-order valence-electron chi connectivity index (χ4n) is 1.26. The molecule has 2 rings (SSSR count). The molecule has 0 saturated heterocycles. The Morgan fingerprint density at radius 3 is 2.62 bits per heavy atom. The van der Waals surface area contributed by atoms with Gasteiger partial charge in [0.1, 0.15) is 6.61 Å². The summed E-state index contributed by atoms with van der Waals surface area (Å²) in [6.07, 6.45) is 0. The number of nitrogens with one attached hydrogen (secondary N) is 2. The van der Waals surface area contributed by atoms with Gasteiger partial charge in [0.15, 0.2) is 17.3 Å². The summed E-state index contributed by atoms with van der Waals surface area (Å²) in [5.74, 6) is 2.01. The van der Waals surface area contributed by atoms with Crippen LogP contribution < -0.4 is 9.47 Å². The van der Waals surface area contributed by atoms with Crippen LogP contribution in [-0.4, -0.2) is 22.3 Å². The minimum Gasteiger partial charge on any atom is -0.493 e. The first-order valence-corrected chi connectivity index (χ1v) is 5.10. The standard InChI is InChI=1S/C10H11N3O2S/c1-14-7-4-2-3-5-8(7)15-6-9-11-10(16)13-12-9/h2-5H,6H2,1H3,(H2,11,12,13,16). The predicted molar refractivity (Wildman–Crippen MR) is 61.1 cm³/mol. The van der Waals surface area contributed by atoms with Gasteiger partial charge in [-0.05, 0) is 24.4 Å². The summed E-state index contributed by atoms with van der Waals surface area (Å²) in [5, 5.41) is 5.51. The monoisotopic (exact) mass is 237 g/mol. The van der Waals surface area contributed by atoms with Crippen LogP contribution in [0, 0.1) is 4.77 Å². The van der Waals surface area contributed by atoms with Crippen LogP contribution in [0.25, 0.3) is 0 Å². The number of nitrogens with zero attached hydrogens (tertiary/aromatic N) is 1. The van der Waals surface area contributed by atoms with Crippen molar-refractivity contribution in [1.82, 2.24) is 15.2 Å². The molecule has 2 N–H and O–H groups in total. The van der Waals surface area contributed by atoms with Gasteiger partial charge in [-0.25, -0.2) is 4.98 Å². The van der Waals surface area contributed by atoms with Crippen molar-refractivity contribution in [3.05, 3.63) is 34.9 Å². The molecular formula is C10H11N3O2S. The highest BCUT2D eigenvalue weighted by atomic mass is 32.1. The average molecular weight is 237 g/mol. The number of H-pyrrole nitrogens is 2.